The number of rotatable bonds is 3. The molecule has 0 bridgehead atoms. The van der Waals surface area contributed by atoms with Crippen molar-refractivity contribution in [2.45, 2.75) is 39.8 Å². The Morgan fingerprint density at radius 2 is 1.72 bits per heavy atom. The van der Waals surface area contributed by atoms with E-state index >= 15 is 0 Å². The lowest BCUT2D eigenvalue weighted by Crippen LogP contribution is -2.42. The Balaban J connectivity index is 1.52. The summed E-state index contributed by atoms with van der Waals surface area (Å²) in [5.41, 5.74) is 5.13. The molecule has 0 saturated carbocycles. The molecule has 2 aromatic carbocycles. The van der Waals surface area contributed by atoms with Crippen LogP contribution in [0.3, 0.4) is 0 Å². The van der Waals surface area contributed by atoms with Crippen LogP contribution in [-0.2, 0) is 22.5 Å². The molecule has 0 saturated heterocycles. The van der Waals surface area contributed by atoms with Gasteiger partial charge in [-0.3, -0.25) is 9.78 Å². The third kappa shape index (κ3) is 3.60. The second kappa shape index (κ2) is 7.66. The average Bonchev–Trinajstić information content (AvgIpc) is 2.72. The van der Waals surface area contributed by atoms with Crippen molar-refractivity contribution in [3.63, 3.8) is 0 Å². The lowest BCUT2D eigenvalue weighted by atomic mass is 9.99. The molecule has 3 aromatic rings. The zero-order chi connectivity index (χ0) is 20.5. The molecule has 0 radical (unpaired) electrons. The fourth-order valence-electron chi connectivity index (χ4n) is 4.04. The maximum absolute atomic E-state index is 12.9. The van der Waals surface area contributed by atoms with Crippen molar-refractivity contribution < 1.29 is 14.3 Å². The minimum atomic E-state index is -0.849. The van der Waals surface area contributed by atoms with Crippen LogP contribution in [0.2, 0.25) is 0 Å². The number of fused-ring (bicyclic) bond motifs is 2. The second-order valence-corrected chi connectivity index (χ2v) is 7.54. The van der Waals surface area contributed by atoms with E-state index in [1.807, 2.05) is 49.4 Å². The minimum Gasteiger partial charge on any atom is -0.449 e. The number of aromatic nitrogens is 1. The SMILES string of the molecule is Cc1nc2ccccc2c(C)c1C(=O)O[C@H](C)C(=O)N1CCc2ccccc2C1. The molecule has 1 aliphatic heterocycles. The Bertz CT molecular complexity index is 1110. The molecule has 5 nitrogen and oxygen atoms in total. The number of carbonyl (C=O) groups is 2. The summed E-state index contributed by atoms with van der Waals surface area (Å²) in [6, 6.07) is 15.8. The quantitative estimate of drug-likeness (QED) is 0.637. The van der Waals surface area contributed by atoms with Gasteiger partial charge < -0.3 is 9.64 Å². The highest BCUT2D eigenvalue weighted by molar-refractivity contribution is 5.99. The number of hydrogen-bond acceptors (Lipinski definition) is 4. The predicted octanol–water partition coefficient (Wildman–Crippen LogP) is 3.98. The Hall–Kier alpha value is -3.21. The number of para-hydroxylation sites is 1. The molecule has 4 rings (SSSR count). The van der Waals surface area contributed by atoms with Gasteiger partial charge in [-0.15, -0.1) is 0 Å². The molecule has 1 atom stereocenters. The van der Waals surface area contributed by atoms with E-state index in [4.69, 9.17) is 4.74 Å². The highest BCUT2D eigenvalue weighted by Gasteiger charge is 2.28. The summed E-state index contributed by atoms with van der Waals surface area (Å²) in [7, 11) is 0. The molecule has 0 N–H and O–H groups in total. The largest absolute Gasteiger partial charge is 0.449 e. The molecule has 1 amide bonds. The molecular weight excluding hydrogens is 364 g/mol. The van der Waals surface area contributed by atoms with E-state index < -0.39 is 12.1 Å². The first-order valence-electron chi connectivity index (χ1n) is 9.88. The van der Waals surface area contributed by atoms with Gasteiger partial charge >= 0.3 is 5.97 Å². The number of ether oxygens (including phenoxy) is 1. The van der Waals surface area contributed by atoms with Gasteiger partial charge in [-0.1, -0.05) is 42.5 Å². The lowest BCUT2D eigenvalue weighted by Gasteiger charge is -2.30. The summed E-state index contributed by atoms with van der Waals surface area (Å²) in [5.74, 6) is -0.673. The fraction of sp³-hybridized carbons (Fsp3) is 0.292. The van der Waals surface area contributed by atoms with Crippen molar-refractivity contribution >= 4 is 22.8 Å². The third-order valence-electron chi connectivity index (χ3n) is 5.61. The van der Waals surface area contributed by atoms with Crippen molar-refractivity contribution in [2.75, 3.05) is 6.54 Å². The fourth-order valence-corrected chi connectivity index (χ4v) is 4.04. The van der Waals surface area contributed by atoms with E-state index in [0.717, 1.165) is 28.5 Å². The number of pyridine rings is 1. The second-order valence-electron chi connectivity index (χ2n) is 7.54. The van der Waals surface area contributed by atoms with Gasteiger partial charge in [-0.25, -0.2) is 4.79 Å². The number of esters is 1. The first-order chi connectivity index (χ1) is 14.0. The molecular formula is C24H24N2O3. The number of aryl methyl sites for hydroxylation is 2. The number of carbonyl (C=O) groups excluding carboxylic acids is 2. The van der Waals surface area contributed by atoms with Crippen molar-refractivity contribution in [1.29, 1.82) is 0 Å². The lowest BCUT2D eigenvalue weighted by molar-refractivity contribution is -0.140. The summed E-state index contributed by atoms with van der Waals surface area (Å²) in [6.45, 7) is 6.51. The normalized spacial score (nSPS) is 14.4. The number of nitrogens with zero attached hydrogens (tertiary/aromatic N) is 2. The number of benzene rings is 2. The molecule has 0 fully saturated rings. The van der Waals surface area contributed by atoms with E-state index in [2.05, 4.69) is 11.1 Å². The highest BCUT2D eigenvalue weighted by atomic mass is 16.5. The van der Waals surface area contributed by atoms with E-state index in [1.165, 1.54) is 5.56 Å². The summed E-state index contributed by atoms with van der Waals surface area (Å²) in [5, 5.41) is 0.914. The topological polar surface area (TPSA) is 59.5 Å². The van der Waals surface area contributed by atoms with Gasteiger partial charge in [0.2, 0.25) is 0 Å². The standard InChI is InChI=1S/C24H24N2O3/c1-15-20-10-6-7-11-21(20)25-16(2)22(15)24(28)29-17(3)23(27)26-13-12-18-8-4-5-9-19(18)14-26/h4-11,17H,12-14H2,1-3H3/t17-/m1/s1. The molecule has 5 heteroatoms. The number of amides is 1. The molecule has 29 heavy (non-hydrogen) atoms. The summed E-state index contributed by atoms with van der Waals surface area (Å²) >= 11 is 0. The van der Waals surface area contributed by atoms with Crippen molar-refractivity contribution in [3.8, 4) is 0 Å². The van der Waals surface area contributed by atoms with Crippen molar-refractivity contribution in [1.82, 2.24) is 9.88 Å². The predicted molar refractivity (Wildman–Crippen MR) is 112 cm³/mol. The van der Waals surface area contributed by atoms with Crippen LogP contribution < -0.4 is 0 Å². The molecule has 0 spiro atoms. The van der Waals surface area contributed by atoms with Gasteiger partial charge in [0.15, 0.2) is 6.10 Å². The smallest absolute Gasteiger partial charge is 0.341 e. The third-order valence-corrected chi connectivity index (χ3v) is 5.61. The summed E-state index contributed by atoms with van der Waals surface area (Å²) < 4.78 is 5.58. The first kappa shape index (κ1) is 19.1. The monoisotopic (exact) mass is 388 g/mol. The van der Waals surface area contributed by atoms with Gasteiger partial charge in [0.25, 0.3) is 5.91 Å². The summed E-state index contributed by atoms with van der Waals surface area (Å²) in [4.78, 5) is 32.1. The minimum absolute atomic E-state index is 0.170. The first-order valence-corrected chi connectivity index (χ1v) is 9.88. The van der Waals surface area contributed by atoms with Crippen LogP contribution in [-0.4, -0.2) is 34.4 Å². The van der Waals surface area contributed by atoms with Crippen LogP contribution in [0, 0.1) is 13.8 Å². The van der Waals surface area contributed by atoms with E-state index in [9.17, 15) is 9.59 Å². The Morgan fingerprint density at radius 1 is 1.03 bits per heavy atom. The van der Waals surface area contributed by atoms with Gasteiger partial charge in [0.1, 0.15) is 0 Å². The molecule has 148 valence electrons. The Morgan fingerprint density at radius 3 is 2.52 bits per heavy atom. The van der Waals surface area contributed by atoms with Crippen molar-refractivity contribution in [2.24, 2.45) is 0 Å². The average molecular weight is 388 g/mol. The Kier molecular flexibility index (Phi) is 5.05. The van der Waals surface area contributed by atoms with E-state index in [1.54, 1.807) is 18.7 Å². The maximum Gasteiger partial charge on any atom is 0.341 e. The zero-order valence-electron chi connectivity index (χ0n) is 16.9. The molecule has 2 heterocycles. The van der Waals surface area contributed by atoms with E-state index in [-0.39, 0.29) is 5.91 Å². The maximum atomic E-state index is 12.9. The van der Waals surface area contributed by atoms with Crippen LogP contribution in [0.25, 0.3) is 10.9 Å². The molecule has 0 aliphatic carbocycles. The van der Waals surface area contributed by atoms with Crippen LogP contribution in [0.1, 0.15) is 39.7 Å². The molecule has 1 aromatic heterocycles. The van der Waals surface area contributed by atoms with Crippen LogP contribution in [0.4, 0.5) is 0 Å². The number of hydrogen-bond donors (Lipinski definition) is 0. The van der Waals surface area contributed by atoms with Gasteiger partial charge in [0.05, 0.1) is 16.8 Å². The Labute approximate surface area is 170 Å². The highest BCUT2D eigenvalue weighted by Crippen LogP contribution is 2.24. The molecule has 1 aliphatic rings. The van der Waals surface area contributed by atoms with Gasteiger partial charge in [-0.05, 0) is 49.9 Å². The molecule has 0 unspecified atom stereocenters. The zero-order valence-corrected chi connectivity index (χ0v) is 16.9. The van der Waals surface area contributed by atoms with Crippen molar-refractivity contribution in [3.05, 3.63) is 76.5 Å². The van der Waals surface area contributed by atoms with Crippen LogP contribution in [0.15, 0.2) is 48.5 Å². The van der Waals surface area contributed by atoms with Crippen LogP contribution in [0.5, 0.6) is 0 Å². The van der Waals surface area contributed by atoms with Gasteiger partial charge in [-0.2, -0.15) is 0 Å². The van der Waals surface area contributed by atoms with E-state index in [0.29, 0.717) is 24.3 Å². The van der Waals surface area contributed by atoms with Crippen LogP contribution >= 0.6 is 0 Å². The summed E-state index contributed by atoms with van der Waals surface area (Å²) in [6.07, 6.45) is -0.0342. The van der Waals surface area contributed by atoms with Gasteiger partial charge in [0, 0.05) is 18.5 Å².